The molecule has 0 aromatic heterocycles. The average Bonchev–Trinajstić information content (AvgIpc) is 3.20. The standard InChI is InChI=1S/C21H25N3O/c1-15(22-25)16-3-5-17(6-4-16)18-7-9-20(10-8-18)24-12-11-19-13-23(2)14-21(19)24/h3-10,19,21,25H,11-14H2,1-2H3/b22-15+/t19-,21+/m1/s1. The lowest BCUT2D eigenvalue weighted by Gasteiger charge is -2.26. The first-order valence-corrected chi connectivity index (χ1v) is 9.00. The van der Waals surface area contributed by atoms with E-state index in [-0.39, 0.29) is 0 Å². The predicted molar refractivity (Wildman–Crippen MR) is 103 cm³/mol. The molecule has 1 N–H and O–H groups in total. The Morgan fingerprint density at radius 2 is 1.64 bits per heavy atom. The fourth-order valence-electron chi connectivity index (χ4n) is 4.30. The number of benzene rings is 2. The number of nitrogens with zero attached hydrogens (tertiary/aromatic N) is 3. The number of hydrogen-bond donors (Lipinski definition) is 1. The third kappa shape index (κ3) is 3.02. The minimum absolute atomic E-state index is 0.631. The molecule has 2 aromatic carbocycles. The molecule has 2 heterocycles. The van der Waals surface area contributed by atoms with Gasteiger partial charge in [-0.25, -0.2) is 0 Å². The van der Waals surface area contributed by atoms with Gasteiger partial charge in [0.1, 0.15) is 0 Å². The molecule has 0 saturated carbocycles. The van der Waals surface area contributed by atoms with Crippen LogP contribution in [0.4, 0.5) is 5.69 Å². The highest BCUT2D eigenvalue weighted by atomic mass is 16.4. The average molecular weight is 335 g/mol. The van der Waals surface area contributed by atoms with Crippen LogP contribution >= 0.6 is 0 Å². The molecule has 0 amide bonds. The number of likely N-dealkylation sites (tertiary alicyclic amines) is 1. The molecule has 0 bridgehead atoms. The SMILES string of the molecule is C/C(=N\O)c1ccc(-c2ccc(N3CC[C@@H]4CN(C)C[C@@H]43)cc2)cc1. The van der Waals surface area contributed by atoms with Gasteiger partial charge in [0.25, 0.3) is 0 Å². The first kappa shape index (κ1) is 16.2. The molecule has 2 aromatic rings. The fraction of sp³-hybridized carbons (Fsp3) is 0.381. The van der Waals surface area contributed by atoms with Gasteiger partial charge in [0.15, 0.2) is 0 Å². The topological polar surface area (TPSA) is 39.1 Å². The van der Waals surface area contributed by atoms with Crippen molar-refractivity contribution in [3.8, 4) is 11.1 Å². The molecule has 0 unspecified atom stereocenters. The summed E-state index contributed by atoms with van der Waals surface area (Å²) < 4.78 is 0. The number of anilines is 1. The van der Waals surface area contributed by atoms with Crippen LogP contribution in [0.5, 0.6) is 0 Å². The minimum atomic E-state index is 0.631. The van der Waals surface area contributed by atoms with Gasteiger partial charge >= 0.3 is 0 Å². The van der Waals surface area contributed by atoms with Gasteiger partial charge < -0.3 is 15.0 Å². The molecule has 4 nitrogen and oxygen atoms in total. The van der Waals surface area contributed by atoms with Gasteiger partial charge in [0.2, 0.25) is 0 Å². The van der Waals surface area contributed by atoms with Crippen LogP contribution in [0, 0.1) is 5.92 Å². The summed E-state index contributed by atoms with van der Waals surface area (Å²) in [5.41, 5.74) is 5.31. The van der Waals surface area contributed by atoms with Crippen LogP contribution in [0.1, 0.15) is 18.9 Å². The molecular weight excluding hydrogens is 310 g/mol. The van der Waals surface area contributed by atoms with E-state index in [9.17, 15) is 0 Å². The highest BCUT2D eigenvalue weighted by molar-refractivity contribution is 5.98. The molecule has 2 saturated heterocycles. The van der Waals surface area contributed by atoms with Crippen LogP contribution in [-0.4, -0.2) is 48.5 Å². The maximum atomic E-state index is 8.87. The van der Waals surface area contributed by atoms with Gasteiger partial charge in [0.05, 0.1) is 5.71 Å². The Morgan fingerprint density at radius 3 is 2.28 bits per heavy atom. The van der Waals surface area contributed by atoms with Crippen molar-refractivity contribution in [1.82, 2.24) is 4.90 Å². The molecular formula is C21H25N3O. The molecule has 0 aliphatic carbocycles. The lowest BCUT2D eigenvalue weighted by molar-refractivity contribution is 0.319. The third-order valence-electron chi connectivity index (χ3n) is 5.72. The summed E-state index contributed by atoms with van der Waals surface area (Å²) in [6.45, 7) is 5.40. The summed E-state index contributed by atoms with van der Waals surface area (Å²) in [4.78, 5) is 5.04. The van der Waals surface area contributed by atoms with E-state index in [2.05, 4.69) is 58.4 Å². The highest BCUT2D eigenvalue weighted by Crippen LogP contribution is 2.35. The second kappa shape index (κ2) is 6.52. The van der Waals surface area contributed by atoms with E-state index in [4.69, 9.17) is 5.21 Å². The van der Waals surface area contributed by atoms with Crippen molar-refractivity contribution in [2.45, 2.75) is 19.4 Å². The van der Waals surface area contributed by atoms with Crippen LogP contribution in [0.25, 0.3) is 11.1 Å². The quantitative estimate of drug-likeness (QED) is 0.528. The van der Waals surface area contributed by atoms with Crippen LogP contribution in [0.2, 0.25) is 0 Å². The maximum Gasteiger partial charge on any atom is 0.0836 e. The summed E-state index contributed by atoms with van der Waals surface area (Å²) in [6.07, 6.45) is 1.31. The first-order chi connectivity index (χ1) is 12.2. The first-order valence-electron chi connectivity index (χ1n) is 9.00. The van der Waals surface area contributed by atoms with Gasteiger partial charge in [-0.3, -0.25) is 0 Å². The number of hydrogen-bond acceptors (Lipinski definition) is 4. The fourth-order valence-corrected chi connectivity index (χ4v) is 4.30. The van der Waals surface area contributed by atoms with Crippen molar-refractivity contribution in [2.24, 2.45) is 11.1 Å². The normalized spacial score (nSPS) is 23.9. The molecule has 4 rings (SSSR count). The zero-order valence-electron chi connectivity index (χ0n) is 14.9. The number of oxime groups is 1. The largest absolute Gasteiger partial charge is 0.411 e. The minimum Gasteiger partial charge on any atom is -0.411 e. The number of likely N-dealkylation sites (N-methyl/N-ethyl adjacent to an activating group) is 1. The Bertz CT molecular complexity index is 767. The molecule has 0 radical (unpaired) electrons. The van der Waals surface area contributed by atoms with Gasteiger partial charge in [0, 0.05) is 31.4 Å². The van der Waals surface area contributed by atoms with E-state index in [1.165, 1.54) is 42.9 Å². The lowest BCUT2D eigenvalue weighted by atomic mass is 10.0. The van der Waals surface area contributed by atoms with Crippen molar-refractivity contribution in [2.75, 3.05) is 31.6 Å². The van der Waals surface area contributed by atoms with Gasteiger partial charge in [-0.05, 0) is 55.1 Å². The smallest absolute Gasteiger partial charge is 0.0836 e. The molecule has 130 valence electrons. The van der Waals surface area contributed by atoms with E-state index in [0.717, 1.165) is 11.5 Å². The van der Waals surface area contributed by atoms with Gasteiger partial charge in [-0.2, -0.15) is 0 Å². The molecule has 0 spiro atoms. The summed E-state index contributed by atoms with van der Waals surface area (Å²) in [5, 5.41) is 12.1. The van der Waals surface area contributed by atoms with Gasteiger partial charge in [-0.1, -0.05) is 41.6 Å². The van der Waals surface area contributed by atoms with Crippen LogP contribution in [0.15, 0.2) is 53.7 Å². The van der Waals surface area contributed by atoms with E-state index in [0.29, 0.717) is 11.8 Å². The zero-order valence-corrected chi connectivity index (χ0v) is 14.9. The van der Waals surface area contributed by atoms with Crippen molar-refractivity contribution < 1.29 is 5.21 Å². The summed E-state index contributed by atoms with van der Waals surface area (Å²) in [5.74, 6) is 0.827. The Kier molecular flexibility index (Phi) is 4.22. The van der Waals surface area contributed by atoms with Crippen molar-refractivity contribution >= 4 is 11.4 Å². The van der Waals surface area contributed by atoms with E-state index < -0.39 is 0 Å². The van der Waals surface area contributed by atoms with Crippen LogP contribution < -0.4 is 4.90 Å². The van der Waals surface area contributed by atoms with Crippen molar-refractivity contribution in [1.29, 1.82) is 0 Å². The van der Waals surface area contributed by atoms with E-state index in [1.54, 1.807) is 6.92 Å². The number of rotatable bonds is 3. The van der Waals surface area contributed by atoms with Crippen LogP contribution in [-0.2, 0) is 0 Å². The second-order valence-electron chi connectivity index (χ2n) is 7.34. The summed E-state index contributed by atoms with van der Waals surface area (Å²) >= 11 is 0. The molecule has 2 atom stereocenters. The number of fused-ring (bicyclic) bond motifs is 1. The Morgan fingerprint density at radius 1 is 1.00 bits per heavy atom. The molecule has 2 aliphatic rings. The maximum absolute atomic E-state index is 8.87. The highest BCUT2D eigenvalue weighted by Gasteiger charge is 2.39. The van der Waals surface area contributed by atoms with Crippen LogP contribution in [0.3, 0.4) is 0 Å². The summed E-state index contributed by atoms with van der Waals surface area (Å²) in [7, 11) is 2.23. The van der Waals surface area contributed by atoms with Gasteiger partial charge in [-0.15, -0.1) is 0 Å². The Hall–Kier alpha value is -2.33. The van der Waals surface area contributed by atoms with E-state index in [1.807, 2.05) is 12.1 Å². The Labute approximate surface area is 149 Å². The molecule has 2 aliphatic heterocycles. The van der Waals surface area contributed by atoms with Crippen molar-refractivity contribution in [3.63, 3.8) is 0 Å². The molecule has 2 fully saturated rings. The monoisotopic (exact) mass is 335 g/mol. The second-order valence-corrected chi connectivity index (χ2v) is 7.34. The lowest BCUT2D eigenvalue weighted by Crippen LogP contribution is -2.34. The zero-order chi connectivity index (χ0) is 17.4. The predicted octanol–water partition coefficient (Wildman–Crippen LogP) is 3.69. The summed E-state index contributed by atoms with van der Waals surface area (Å²) in [6, 6.07) is 17.8. The third-order valence-corrected chi connectivity index (χ3v) is 5.72. The van der Waals surface area contributed by atoms with Crippen molar-refractivity contribution in [3.05, 3.63) is 54.1 Å². The molecule has 25 heavy (non-hydrogen) atoms. The Balaban J connectivity index is 1.52. The molecule has 4 heteroatoms. The van der Waals surface area contributed by atoms with E-state index >= 15 is 0 Å².